The molecular weight excluding hydrogens is 410 g/mol. The zero-order chi connectivity index (χ0) is 20.4. The van der Waals surface area contributed by atoms with Crippen LogP contribution in [0.5, 0.6) is 0 Å². The van der Waals surface area contributed by atoms with Crippen molar-refractivity contribution in [2.75, 3.05) is 23.4 Å². The Hall–Kier alpha value is -1.86. The van der Waals surface area contributed by atoms with E-state index in [9.17, 15) is 13.2 Å². The number of hydrogen-bond donors (Lipinski definition) is 1. The molecule has 156 valence electrons. The highest BCUT2D eigenvalue weighted by Crippen LogP contribution is 2.34. The number of nitrogens with one attached hydrogen (secondary N) is 1. The Bertz CT molecular complexity index is 1030. The fourth-order valence-corrected chi connectivity index (χ4v) is 6.39. The van der Waals surface area contributed by atoms with Crippen molar-refractivity contribution < 1.29 is 8.42 Å². The second-order valence-electron chi connectivity index (χ2n) is 8.17. The molecule has 1 aromatic heterocycles. The average Bonchev–Trinajstić information content (AvgIpc) is 3.23. The van der Waals surface area contributed by atoms with Gasteiger partial charge in [-0.25, -0.2) is 8.42 Å². The minimum Gasteiger partial charge on any atom is -0.382 e. The van der Waals surface area contributed by atoms with Gasteiger partial charge in [0.05, 0.1) is 29.1 Å². The van der Waals surface area contributed by atoms with Crippen molar-refractivity contribution in [2.45, 2.75) is 44.4 Å². The zero-order valence-corrected chi connectivity index (χ0v) is 17.9. The molecule has 1 aromatic carbocycles. The van der Waals surface area contributed by atoms with Crippen LogP contribution in [-0.4, -0.2) is 36.2 Å². The standard InChI is InChI=1S/C21H26ClN3O3S/c22-20-19(23-12-15-4-3-11-29(27,28)14-15)13-24-25(21(20)26)18-9-7-17(8-10-18)16-5-1-2-6-16/h7-10,13,15-16,23H,1-6,11-12,14H2. The van der Waals surface area contributed by atoms with Crippen LogP contribution in [0.3, 0.4) is 0 Å². The van der Waals surface area contributed by atoms with Gasteiger partial charge in [-0.05, 0) is 55.2 Å². The molecule has 1 aliphatic carbocycles. The first kappa shape index (κ1) is 20.4. The molecule has 0 amide bonds. The number of halogens is 1. The van der Waals surface area contributed by atoms with Crippen molar-refractivity contribution in [3.05, 3.63) is 51.4 Å². The van der Waals surface area contributed by atoms with E-state index in [-0.39, 0.29) is 28.0 Å². The maximum absolute atomic E-state index is 12.7. The molecule has 8 heteroatoms. The number of benzene rings is 1. The van der Waals surface area contributed by atoms with Crippen LogP contribution in [-0.2, 0) is 9.84 Å². The van der Waals surface area contributed by atoms with E-state index < -0.39 is 9.84 Å². The van der Waals surface area contributed by atoms with Gasteiger partial charge in [0, 0.05) is 6.54 Å². The van der Waals surface area contributed by atoms with Gasteiger partial charge in [0.25, 0.3) is 5.56 Å². The van der Waals surface area contributed by atoms with E-state index in [1.54, 1.807) is 0 Å². The summed E-state index contributed by atoms with van der Waals surface area (Å²) in [6.45, 7) is 0.459. The second-order valence-corrected chi connectivity index (χ2v) is 10.8. The highest BCUT2D eigenvalue weighted by Gasteiger charge is 2.25. The summed E-state index contributed by atoms with van der Waals surface area (Å²) in [6, 6.07) is 7.97. The van der Waals surface area contributed by atoms with Gasteiger partial charge < -0.3 is 5.32 Å². The fourth-order valence-electron chi connectivity index (χ4n) is 4.42. The van der Waals surface area contributed by atoms with E-state index >= 15 is 0 Å². The first-order valence-electron chi connectivity index (χ1n) is 10.3. The highest BCUT2D eigenvalue weighted by molar-refractivity contribution is 7.91. The monoisotopic (exact) mass is 435 g/mol. The Labute approximate surface area is 176 Å². The van der Waals surface area contributed by atoms with Crippen molar-refractivity contribution >= 4 is 27.1 Å². The molecule has 0 bridgehead atoms. The molecule has 1 N–H and O–H groups in total. The van der Waals surface area contributed by atoms with Crippen LogP contribution in [0.2, 0.25) is 5.02 Å². The van der Waals surface area contributed by atoms with Gasteiger partial charge in [0.15, 0.2) is 9.84 Å². The largest absolute Gasteiger partial charge is 0.382 e. The molecule has 29 heavy (non-hydrogen) atoms. The van der Waals surface area contributed by atoms with Gasteiger partial charge in [-0.2, -0.15) is 9.78 Å². The van der Waals surface area contributed by atoms with Crippen LogP contribution in [0.15, 0.2) is 35.3 Å². The van der Waals surface area contributed by atoms with E-state index in [2.05, 4.69) is 22.5 Å². The van der Waals surface area contributed by atoms with Gasteiger partial charge in [-0.1, -0.05) is 36.6 Å². The molecule has 1 aliphatic heterocycles. The first-order chi connectivity index (χ1) is 13.9. The van der Waals surface area contributed by atoms with Crippen molar-refractivity contribution in [1.29, 1.82) is 0 Å². The third-order valence-corrected chi connectivity index (χ3v) is 8.28. The minimum atomic E-state index is -2.96. The summed E-state index contributed by atoms with van der Waals surface area (Å²) in [6.07, 6.45) is 8.08. The molecule has 0 spiro atoms. The topological polar surface area (TPSA) is 81.1 Å². The van der Waals surface area contributed by atoms with Crippen LogP contribution in [0, 0.1) is 5.92 Å². The summed E-state index contributed by atoms with van der Waals surface area (Å²) >= 11 is 6.30. The molecule has 2 aliphatic rings. The lowest BCUT2D eigenvalue weighted by atomic mass is 9.98. The minimum absolute atomic E-state index is 0.0235. The predicted octanol–water partition coefficient (Wildman–Crippen LogP) is 3.78. The maximum Gasteiger partial charge on any atom is 0.292 e. The summed E-state index contributed by atoms with van der Waals surface area (Å²) in [7, 11) is -2.96. The molecule has 2 aromatic rings. The number of nitrogens with zero attached hydrogens (tertiary/aromatic N) is 2. The molecule has 1 atom stereocenters. The summed E-state index contributed by atoms with van der Waals surface area (Å²) in [4.78, 5) is 12.7. The molecule has 4 rings (SSSR count). The smallest absolute Gasteiger partial charge is 0.292 e. The van der Waals surface area contributed by atoms with Gasteiger partial charge in [-0.3, -0.25) is 4.79 Å². The van der Waals surface area contributed by atoms with E-state index in [1.165, 1.54) is 42.1 Å². The number of rotatable bonds is 5. The predicted molar refractivity (Wildman–Crippen MR) is 116 cm³/mol. The third kappa shape index (κ3) is 4.67. The third-order valence-electron chi connectivity index (χ3n) is 6.02. The summed E-state index contributed by atoms with van der Waals surface area (Å²) in [5.41, 5.74) is 2.05. The molecule has 1 saturated heterocycles. The van der Waals surface area contributed by atoms with E-state index in [1.807, 2.05) is 12.1 Å². The molecule has 2 heterocycles. The SMILES string of the molecule is O=c1c(Cl)c(NCC2CCCS(=O)(=O)C2)cnn1-c1ccc(C2CCCC2)cc1. The average molecular weight is 436 g/mol. The Morgan fingerprint density at radius 1 is 1.10 bits per heavy atom. The molecule has 0 radical (unpaired) electrons. The number of sulfone groups is 1. The zero-order valence-electron chi connectivity index (χ0n) is 16.3. The molecule has 1 unspecified atom stereocenters. The first-order valence-corrected chi connectivity index (χ1v) is 12.5. The van der Waals surface area contributed by atoms with Crippen LogP contribution < -0.4 is 10.9 Å². The Balaban J connectivity index is 1.47. The van der Waals surface area contributed by atoms with E-state index in [0.717, 1.165) is 6.42 Å². The van der Waals surface area contributed by atoms with Crippen molar-refractivity contribution in [1.82, 2.24) is 9.78 Å². The van der Waals surface area contributed by atoms with Crippen LogP contribution in [0.1, 0.15) is 50.0 Å². The second kappa shape index (κ2) is 8.48. The van der Waals surface area contributed by atoms with Crippen molar-refractivity contribution in [2.24, 2.45) is 5.92 Å². The Morgan fingerprint density at radius 2 is 1.83 bits per heavy atom. The number of hydrogen-bond acceptors (Lipinski definition) is 5. The van der Waals surface area contributed by atoms with Gasteiger partial charge in [-0.15, -0.1) is 0 Å². The molecular formula is C21H26ClN3O3S. The lowest BCUT2D eigenvalue weighted by molar-refractivity contribution is 0.502. The lowest BCUT2D eigenvalue weighted by Crippen LogP contribution is -2.30. The van der Waals surface area contributed by atoms with Crippen LogP contribution in [0.25, 0.3) is 5.69 Å². The summed E-state index contributed by atoms with van der Waals surface area (Å²) < 4.78 is 24.9. The quantitative estimate of drug-likeness (QED) is 0.772. The van der Waals surface area contributed by atoms with Gasteiger partial charge in [0.2, 0.25) is 0 Å². The number of anilines is 1. The van der Waals surface area contributed by atoms with Crippen molar-refractivity contribution in [3.8, 4) is 5.69 Å². The summed E-state index contributed by atoms with van der Waals surface area (Å²) in [5.74, 6) is 1.08. The maximum atomic E-state index is 12.7. The van der Waals surface area contributed by atoms with E-state index in [4.69, 9.17) is 11.6 Å². The molecule has 2 fully saturated rings. The fraction of sp³-hybridized carbons (Fsp3) is 0.524. The van der Waals surface area contributed by atoms with Gasteiger partial charge >= 0.3 is 0 Å². The van der Waals surface area contributed by atoms with E-state index in [0.29, 0.717) is 30.3 Å². The number of aromatic nitrogens is 2. The lowest BCUT2D eigenvalue weighted by Gasteiger charge is -2.22. The van der Waals surface area contributed by atoms with Crippen LogP contribution in [0.4, 0.5) is 5.69 Å². The summed E-state index contributed by atoms with van der Waals surface area (Å²) in [5, 5.41) is 7.45. The van der Waals surface area contributed by atoms with Gasteiger partial charge in [0.1, 0.15) is 5.02 Å². The van der Waals surface area contributed by atoms with Crippen molar-refractivity contribution in [3.63, 3.8) is 0 Å². The Kier molecular flexibility index (Phi) is 5.97. The Morgan fingerprint density at radius 3 is 2.52 bits per heavy atom. The normalized spacial score (nSPS) is 21.9. The van der Waals surface area contributed by atoms with Crippen LogP contribution >= 0.6 is 11.6 Å². The highest BCUT2D eigenvalue weighted by atomic mass is 35.5. The molecule has 6 nitrogen and oxygen atoms in total. The molecule has 1 saturated carbocycles.